The molecule has 2 rings (SSSR count). The van der Waals surface area contributed by atoms with Crippen molar-refractivity contribution in [3.05, 3.63) is 76.9 Å². The van der Waals surface area contributed by atoms with Crippen molar-refractivity contribution in [2.75, 3.05) is 11.8 Å². The maximum absolute atomic E-state index is 11.3. The molecule has 0 saturated heterocycles. The Morgan fingerprint density at radius 1 is 1.29 bits per heavy atom. The van der Waals surface area contributed by atoms with Crippen molar-refractivity contribution in [1.82, 2.24) is 4.57 Å². The smallest absolute Gasteiger partial charge is 0.323 e. The summed E-state index contributed by atoms with van der Waals surface area (Å²) in [6.07, 6.45) is 3.40. The summed E-state index contributed by atoms with van der Waals surface area (Å²) >= 11 is -1.60. The van der Waals surface area contributed by atoms with Crippen LogP contribution >= 0.6 is 0 Å². The molecule has 0 amide bonds. The fourth-order valence-corrected chi connectivity index (χ4v) is 2.34. The summed E-state index contributed by atoms with van der Waals surface area (Å²) in [5.41, 5.74) is 1.99. The van der Waals surface area contributed by atoms with Crippen LogP contribution in [0.2, 0.25) is 0 Å². The highest BCUT2D eigenvalue weighted by Gasteiger charge is 2.17. The molecule has 118 valence electrons. The van der Waals surface area contributed by atoms with E-state index in [4.69, 9.17) is 13.1 Å². The molecule has 7 nitrogen and oxygen atoms in total. The highest BCUT2D eigenvalue weighted by Crippen LogP contribution is 2.23. The number of benzene rings is 1. The maximum atomic E-state index is 11.3. The van der Waals surface area contributed by atoms with Gasteiger partial charge in [-0.3, -0.25) is 8.91 Å². The van der Waals surface area contributed by atoms with E-state index < -0.39 is 11.3 Å². The highest BCUT2D eigenvalue weighted by atomic mass is 32.2. The van der Waals surface area contributed by atoms with Gasteiger partial charge >= 0.3 is 5.82 Å². The van der Waals surface area contributed by atoms with E-state index in [1.54, 1.807) is 47.3 Å². The summed E-state index contributed by atoms with van der Waals surface area (Å²) in [6.45, 7) is 13.9. The molecule has 2 aromatic rings. The summed E-state index contributed by atoms with van der Waals surface area (Å²) in [4.78, 5) is 6.16. The molecule has 0 aliphatic carbocycles. The highest BCUT2D eigenvalue weighted by molar-refractivity contribution is 7.81. The normalized spacial score (nSPS) is 10.8. The van der Waals surface area contributed by atoms with Gasteiger partial charge in [0.1, 0.15) is 13.1 Å². The number of anilines is 1. The van der Waals surface area contributed by atoms with Crippen LogP contribution in [0.25, 0.3) is 21.0 Å². The molecule has 1 atom stereocenters. The van der Waals surface area contributed by atoms with Gasteiger partial charge < -0.3 is 4.57 Å². The number of nitrogens with zero attached hydrogens (tertiary/aromatic N) is 4. The third kappa shape index (κ3) is 3.68. The molecular weight excluding hydrogens is 326 g/mol. The standard InChI is InChI=1S/C16H11N5O2S/c1-18-16(19-2)15(10-17)12-8-9-21(11-12)14-6-4-13(5-7-14)20-24(22)23-3/h4-9,11,20H,3H3. The lowest BCUT2D eigenvalue weighted by molar-refractivity contribution is 0.449. The molecular formula is C16H11N5O2S. The second-order valence-electron chi connectivity index (χ2n) is 4.39. The topological polar surface area (TPSA) is 75.8 Å². The van der Waals surface area contributed by atoms with Crippen LogP contribution in [0.15, 0.2) is 48.5 Å². The second kappa shape index (κ2) is 7.75. The van der Waals surface area contributed by atoms with E-state index in [0.29, 0.717) is 11.3 Å². The predicted molar refractivity (Wildman–Crippen MR) is 90.3 cm³/mol. The van der Waals surface area contributed by atoms with Crippen LogP contribution < -0.4 is 4.72 Å². The number of nitrogens with one attached hydrogen (secondary N) is 1. The molecule has 0 aliphatic rings. The molecule has 0 aliphatic heterocycles. The van der Waals surface area contributed by atoms with Crippen LogP contribution in [0.4, 0.5) is 5.69 Å². The van der Waals surface area contributed by atoms with Crippen molar-refractivity contribution in [1.29, 1.82) is 5.26 Å². The van der Waals surface area contributed by atoms with E-state index in [1.807, 2.05) is 6.07 Å². The number of nitriles is 1. The number of hydrogen-bond acceptors (Lipinski definition) is 3. The largest absolute Gasteiger partial charge is 0.538 e. The molecule has 1 aromatic carbocycles. The van der Waals surface area contributed by atoms with Crippen LogP contribution in [0.5, 0.6) is 0 Å². The lowest BCUT2D eigenvalue weighted by Gasteiger charge is -2.06. The first-order valence-corrected chi connectivity index (χ1v) is 7.61. The van der Waals surface area contributed by atoms with E-state index >= 15 is 0 Å². The fraction of sp³-hybridized carbons (Fsp3) is 0.0625. The molecule has 1 aromatic heterocycles. The zero-order valence-electron chi connectivity index (χ0n) is 12.6. The Bertz CT molecular complexity index is 907. The zero-order chi connectivity index (χ0) is 17.5. The minimum Gasteiger partial charge on any atom is -0.323 e. The molecule has 0 fully saturated rings. The van der Waals surface area contributed by atoms with Crippen LogP contribution in [0.3, 0.4) is 0 Å². The van der Waals surface area contributed by atoms with Crippen molar-refractivity contribution in [3.8, 4) is 11.8 Å². The Kier molecular flexibility index (Phi) is 5.49. The van der Waals surface area contributed by atoms with Crippen molar-refractivity contribution in [2.24, 2.45) is 0 Å². The van der Waals surface area contributed by atoms with Crippen LogP contribution in [-0.2, 0) is 15.4 Å². The van der Waals surface area contributed by atoms with Gasteiger partial charge in [0.15, 0.2) is 5.57 Å². The van der Waals surface area contributed by atoms with Crippen LogP contribution in [0.1, 0.15) is 5.56 Å². The summed E-state index contributed by atoms with van der Waals surface area (Å²) in [5.74, 6) is -0.253. The fourth-order valence-electron chi connectivity index (χ4n) is 1.92. The first kappa shape index (κ1) is 17.0. The first-order valence-electron chi connectivity index (χ1n) is 6.54. The lowest BCUT2D eigenvalue weighted by Crippen LogP contribution is -2.05. The van der Waals surface area contributed by atoms with E-state index in [-0.39, 0.29) is 11.4 Å². The van der Waals surface area contributed by atoms with Gasteiger partial charge in [0.2, 0.25) is 0 Å². The molecule has 1 N–H and O–H groups in total. The number of hydrogen-bond donors (Lipinski definition) is 1. The Hall–Kier alpha value is -3.38. The van der Waals surface area contributed by atoms with Crippen molar-refractivity contribution >= 4 is 22.5 Å². The van der Waals surface area contributed by atoms with Gasteiger partial charge in [0, 0.05) is 29.3 Å². The molecule has 0 bridgehead atoms. The molecule has 0 saturated carbocycles. The second-order valence-corrected chi connectivity index (χ2v) is 5.40. The van der Waals surface area contributed by atoms with Crippen LogP contribution in [0, 0.1) is 24.5 Å². The van der Waals surface area contributed by atoms with Crippen molar-refractivity contribution < 1.29 is 8.39 Å². The number of allylic oxidation sites excluding steroid dienone is 1. The van der Waals surface area contributed by atoms with Gasteiger partial charge in [-0.25, -0.2) is 4.21 Å². The summed E-state index contributed by atoms with van der Waals surface area (Å²) in [5, 5.41) is 9.18. The zero-order valence-corrected chi connectivity index (χ0v) is 13.4. The third-order valence-electron chi connectivity index (χ3n) is 3.05. The van der Waals surface area contributed by atoms with E-state index in [0.717, 1.165) is 5.69 Å². The molecule has 0 radical (unpaired) electrons. The molecule has 8 heteroatoms. The summed E-state index contributed by atoms with van der Waals surface area (Å²) in [7, 11) is 1.33. The third-order valence-corrected chi connectivity index (χ3v) is 3.75. The van der Waals surface area contributed by atoms with Crippen LogP contribution in [-0.4, -0.2) is 15.9 Å². The van der Waals surface area contributed by atoms with E-state index in [1.165, 1.54) is 7.11 Å². The Labute approximate surface area is 141 Å². The molecule has 1 heterocycles. The number of rotatable bonds is 5. The summed E-state index contributed by atoms with van der Waals surface area (Å²) in [6, 6.07) is 10.6. The quantitative estimate of drug-likeness (QED) is 0.673. The molecule has 1 unspecified atom stereocenters. The Balaban J connectivity index is 2.30. The van der Waals surface area contributed by atoms with Gasteiger partial charge in [0.05, 0.1) is 13.2 Å². The van der Waals surface area contributed by atoms with Gasteiger partial charge in [0.25, 0.3) is 11.3 Å². The van der Waals surface area contributed by atoms with Gasteiger partial charge in [-0.2, -0.15) is 15.0 Å². The monoisotopic (exact) mass is 337 g/mol. The van der Waals surface area contributed by atoms with E-state index in [2.05, 4.69) is 18.6 Å². The Morgan fingerprint density at radius 3 is 2.50 bits per heavy atom. The first-order chi connectivity index (χ1) is 11.6. The van der Waals surface area contributed by atoms with Gasteiger partial charge in [-0.1, -0.05) is 0 Å². The average Bonchev–Trinajstić information content (AvgIpc) is 3.09. The SMILES string of the molecule is [C-]#[N+]C([N+]#[C-])=C(C#N)c1ccn(-c2ccc(NS(=O)OC)cc2)c1. The summed E-state index contributed by atoms with van der Waals surface area (Å²) < 4.78 is 20.3. The molecule has 0 spiro atoms. The van der Waals surface area contributed by atoms with Gasteiger partial charge in [-0.15, -0.1) is 0 Å². The minimum atomic E-state index is -1.60. The lowest BCUT2D eigenvalue weighted by atomic mass is 10.1. The maximum Gasteiger partial charge on any atom is 0.538 e. The van der Waals surface area contributed by atoms with E-state index in [9.17, 15) is 9.47 Å². The predicted octanol–water partition coefficient (Wildman–Crippen LogP) is 3.15. The van der Waals surface area contributed by atoms with Crippen molar-refractivity contribution in [3.63, 3.8) is 0 Å². The van der Waals surface area contributed by atoms with Gasteiger partial charge in [-0.05, 0) is 30.3 Å². The number of aromatic nitrogens is 1. The Morgan fingerprint density at radius 2 is 1.96 bits per heavy atom. The average molecular weight is 337 g/mol. The molecule has 24 heavy (non-hydrogen) atoms. The van der Waals surface area contributed by atoms with Crippen molar-refractivity contribution in [2.45, 2.75) is 0 Å². The minimum absolute atomic E-state index is 0.0486.